The molecule has 0 aliphatic heterocycles. The fourth-order valence-electron chi connectivity index (χ4n) is 5.37. The number of fused-ring (bicyclic) bond motifs is 1. The van der Waals surface area contributed by atoms with Gasteiger partial charge in [-0.1, -0.05) is 50.6 Å². The number of benzene rings is 4. The van der Waals surface area contributed by atoms with Crippen molar-refractivity contribution in [2.45, 2.75) is 46.2 Å². The number of hydrogen-bond acceptors (Lipinski definition) is 5. The summed E-state index contributed by atoms with van der Waals surface area (Å²) in [5.41, 5.74) is 4.84. The first kappa shape index (κ1) is 32.3. The molecule has 0 aliphatic rings. The number of urea groups is 1. The topological polar surface area (TPSA) is 86.4 Å². The van der Waals surface area contributed by atoms with Crippen molar-refractivity contribution in [3.63, 3.8) is 0 Å². The van der Waals surface area contributed by atoms with Crippen LogP contribution in [0, 0.1) is 12.7 Å². The van der Waals surface area contributed by atoms with Gasteiger partial charge >= 0.3 is 6.03 Å². The Morgan fingerprint density at radius 2 is 1.65 bits per heavy atom. The maximum Gasteiger partial charge on any atom is 0.323 e. The number of amides is 2. The summed E-state index contributed by atoms with van der Waals surface area (Å²) in [4.78, 5) is 15.9. The molecule has 0 aliphatic carbocycles. The van der Waals surface area contributed by atoms with Crippen LogP contribution in [-0.2, 0) is 25.6 Å². The lowest BCUT2D eigenvalue weighted by molar-refractivity contribution is 0.205. The second-order valence-corrected chi connectivity index (χ2v) is 12.9. The first-order valence-electron chi connectivity index (χ1n) is 15.7. The summed E-state index contributed by atoms with van der Waals surface area (Å²) in [5, 5.41) is 13.2. The van der Waals surface area contributed by atoms with Gasteiger partial charge in [0, 0.05) is 36.0 Å². The fourth-order valence-corrected chi connectivity index (χ4v) is 5.37. The molecule has 246 valence electrons. The van der Waals surface area contributed by atoms with Gasteiger partial charge in [-0.2, -0.15) is 10.2 Å². The monoisotopic (exact) mass is 646 g/mol. The number of anilines is 1. The summed E-state index contributed by atoms with van der Waals surface area (Å²) in [5.74, 6) is 1.81. The third kappa shape index (κ3) is 7.17. The highest BCUT2D eigenvalue weighted by Crippen LogP contribution is 2.31. The summed E-state index contributed by atoms with van der Waals surface area (Å²) >= 11 is 0. The quantitative estimate of drug-likeness (QED) is 0.170. The van der Waals surface area contributed by atoms with Crippen LogP contribution in [0.1, 0.15) is 43.2 Å². The molecule has 0 atom stereocenters. The molecule has 2 heterocycles. The lowest BCUT2D eigenvalue weighted by atomic mass is 9.92. The molecule has 9 nitrogen and oxygen atoms in total. The molecule has 2 aromatic heterocycles. The van der Waals surface area contributed by atoms with Crippen LogP contribution in [0.2, 0.25) is 0 Å². The van der Waals surface area contributed by atoms with Crippen molar-refractivity contribution in [3.8, 4) is 22.9 Å². The second kappa shape index (κ2) is 13.2. The average molecular weight is 647 g/mol. The van der Waals surface area contributed by atoms with Gasteiger partial charge in [0.1, 0.15) is 28.9 Å². The van der Waals surface area contributed by atoms with E-state index in [2.05, 4.69) is 31.2 Å². The highest BCUT2D eigenvalue weighted by atomic mass is 19.1. The molecule has 0 radical (unpaired) electrons. The minimum absolute atomic E-state index is 0.0604. The lowest BCUT2D eigenvalue weighted by Crippen LogP contribution is -2.34. The van der Waals surface area contributed by atoms with Crippen molar-refractivity contribution in [2.24, 2.45) is 7.05 Å². The van der Waals surface area contributed by atoms with E-state index >= 15 is 0 Å². The van der Waals surface area contributed by atoms with E-state index in [0.29, 0.717) is 28.6 Å². The maximum absolute atomic E-state index is 14.8. The molecule has 0 saturated carbocycles. The second-order valence-electron chi connectivity index (χ2n) is 12.9. The molecule has 1 N–H and O–H groups in total. The van der Waals surface area contributed by atoms with Gasteiger partial charge in [-0.15, -0.1) is 0 Å². The normalized spacial score (nSPS) is 11.5. The van der Waals surface area contributed by atoms with Crippen LogP contribution in [0.4, 0.5) is 15.0 Å². The van der Waals surface area contributed by atoms with E-state index in [1.807, 2.05) is 86.8 Å². The first-order valence-corrected chi connectivity index (χ1v) is 15.7. The Labute approximate surface area is 279 Å². The van der Waals surface area contributed by atoms with E-state index in [1.54, 1.807) is 33.6 Å². The van der Waals surface area contributed by atoms with Gasteiger partial charge in [0.05, 0.1) is 36.7 Å². The van der Waals surface area contributed by atoms with E-state index in [9.17, 15) is 9.18 Å². The number of hydrogen-bond donors (Lipinski definition) is 1. The van der Waals surface area contributed by atoms with Gasteiger partial charge in [0.25, 0.3) is 0 Å². The molecule has 2 amide bonds. The van der Waals surface area contributed by atoms with Gasteiger partial charge < -0.3 is 14.4 Å². The number of nitrogens with zero attached hydrogens (tertiary/aromatic N) is 5. The maximum atomic E-state index is 14.8. The molecule has 6 rings (SSSR count). The first-order chi connectivity index (χ1) is 23.0. The number of carbonyl (C=O) groups is 1. The Kier molecular flexibility index (Phi) is 8.90. The molecule has 6 aromatic rings. The van der Waals surface area contributed by atoms with Crippen molar-refractivity contribution in [1.29, 1.82) is 0 Å². The summed E-state index contributed by atoms with van der Waals surface area (Å²) in [6.07, 6.45) is 1.76. The number of rotatable bonds is 9. The van der Waals surface area contributed by atoms with E-state index in [-0.39, 0.29) is 24.5 Å². The number of halogens is 1. The third-order valence-electron chi connectivity index (χ3n) is 8.14. The number of aryl methyl sites for hydroxylation is 2. The van der Waals surface area contributed by atoms with Crippen LogP contribution >= 0.6 is 0 Å². The summed E-state index contributed by atoms with van der Waals surface area (Å²) in [6.45, 7) is 8.55. The Morgan fingerprint density at radius 3 is 2.35 bits per heavy atom. The van der Waals surface area contributed by atoms with Crippen molar-refractivity contribution < 1.29 is 18.7 Å². The van der Waals surface area contributed by atoms with Crippen LogP contribution in [0.15, 0.2) is 97.2 Å². The summed E-state index contributed by atoms with van der Waals surface area (Å²) in [6, 6.07) is 27.0. The Hall–Kier alpha value is -5.64. The van der Waals surface area contributed by atoms with Gasteiger partial charge in [0.2, 0.25) is 0 Å². The SMILES string of the molecule is COc1ccc(CN(Cc2cc(F)ccc2Oc2ccc3c(cnn3C)c2)C(=O)Nc2cc(C(C)(C)C)nn2-c2ccc(C)cc2)cc1. The van der Waals surface area contributed by atoms with Crippen LogP contribution in [0.3, 0.4) is 0 Å². The standard InChI is InChI=1S/C38H39FN6O3/c1-25-7-12-30(13-8-25)45-36(21-35(42-45)38(2,3)4)41-37(46)44(23-26-9-14-31(47-6)15-10-26)24-28-19-29(39)11-18-34(28)48-32-16-17-33-27(20-32)22-40-43(33)5/h7-22H,23-24H2,1-6H3,(H,41,46). The van der Waals surface area contributed by atoms with E-state index < -0.39 is 5.82 Å². The molecule has 0 spiro atoms. The van der Waals surface area contributed by atoms with E-state index in [4.69, 9.17) is 14.6 Å². The zero-order valence-electron chi connectivity index (χ0n) is 28.0. The third-order valence-corrected chi connectivity index (χ3v) is 8.14. The Morgan fingerprint density at radius 1 is 0.917 bits per heavy atom. The zero-order valence-corrected chi connectivity index (χ0v) is 28.0. The van der Waals surface area contributed by atoms with Gasteiger partial charge in [-0.25, -0.2) is 13.9 Å². The molecule has 48 heavy (non-hydrogen) atoms. The molecule has 0 unspecified atom stereocenters. The van der Waals surface area contributed by atoms with Crippen LogP contribution in [-0.4, -0.2) is 37.6 Å². The molecule has 0 bridgehead atoms. The molecule has 4 aromatic carbocycles. The van der Waals surface area contributed by atoms with Gasteiger partial charge in [-0.05, 0) is 73.2 Å². The van der Waals surface area contributed by atoms with Crippen LogP contribution in [0.5, 0.6) is 17.2 Å². The number of carbonyl (C=O) groups excluding carboxylic acids is 1. The molecular formula is C38H39FN6O3. The average Bonchev–Trinajstić information content (AvgIpc) is 3.66. The van der Waals surface area contributed by atoms with Gasteiger partial charge in [-0.3, -0.25) is 10.00 Å². The van der Waals surface area contributed by atoms with Crippen molar-refractivity contribution in [3.05, 3.63) is 125 Å². The van der Waals surface area contributed by atoms with E-state index in [1.165, 1.54) is 12.1 Å². The number of methoxy groups -OCH3 is 1. The van der Waals surface area contributed by atoms with E-state index in [0.717, 1.165) is 33.4 Å². The predicted molar refractivity (Wildman–Crippen MR) is 185 cm³/mol. The molecule has 0 saturated heterocycles. The minimum atomic E-state index is -0.433. The molecular weight excluding hydrogens is 607 g/mol. The Balaban J connectivity index is 1.34. The minimum Gasteiger partial charge on any atom is -0.497 e. The van der Waals surface area contributed by atoms with Crippen molar-refractivity contribution in [1.82, 2.24) is 24.5 Å². The highest BCUT2D eigenvalue weighted by molar-refractivity contribution is 5.89. The number of aromatic nitrogens is 4. The predicted octanol–water partition coefficient (Wildman–Crippen LogP) is 8.54. The lowest BCUT2D eigenvalue weighted by Gasteiger charge is -2.25. The number of nitrogens with one attached hydrogen (secondary N) is 1. The fraction of sp³-hybridized carbons (Fsp3) is 0.237. The smallest absolute Gasteiger partial charge is 0.323 e. The Bertz CT molecular complexity index is 2060. The zero-order chi connectivity index (χ0) is 34.0. The van der Waals surface area contributed by atoms with Crippen molar-refractivity contribution in [2.75, 3.05) is 12.4 Å². The molecule has 0 fully saturated rings. The van der Waals surface area contributed by atoms with Gasteiger partial charge in [0.15, 0.2) is 0 Å². The molecule has 10 heteroatoms. The van der Waals surface area contributed by atoms with Crippen molar-refractivity contribution >= 4 is 22.8 Å². The number of ether oxygens (including phenoxy) is 2. The van der Waals surface area contributed by atoms with Crippen LogP contribution < -0.4 is 14.8 Å². The highest BCUT2D eigenvalue weighted by Gasteiger charge is 2.24. The summed E-state index contributed by atoms with van der Waals surface area (Å²) < 4.78 is 29.9. The van der Waals surface area contributed by atoms with Crippen LogP contribution in [0.25, 0.3) is 16.6 Å². The summed E-state index contributed by atoms with van der Waals surface area (Å²) in [7, 11) is 3.48. The largest absolute Gasteiger partial charge is 0.497 e.